The average molecular weight is 1690 g/mol. The molecule has 8 aromatic carbocycles. The molecule has 0 atom stereocenters. The zero-order valence-corrected chi connectivity index (χ0v) is 57.6. The third kappa shape index (κ3) is 10.6. The van der Waals surface area contributed by atoms with E-state index in [1.807, 2.05) is 0 Å². The Hall–Kier alpha value is -14.4. The summed E-state index contributed by atoms with van der Waals surface area (Å²) in [5, 5.41) is -6.73. The molecule has 120 heavy (non-hydrogen) atoms. The molecule has 0 spiro atoms. The first-order chi connectivity index (χ1) is 57.1. The van der Waals surface area contributed by atoms with Gasteiger partial charge in [-0.1, -0.05) is 36.4 Å². The molecule has 0 amide bonds. The summed E-state index contributed by atoms with van der Waals surface area (Å²) < 4.78 is 496. The lowest BCUT2D eigenvalue weighted by Gasteiger charge is -2.15. The van der Waals surface area contributed by atoms with E-state index in [0.717, 1.165) is 48.5 Å². The van der Waals surface area contributed by atoms with E-state index in [0.29, 0.717) is 82.0 Å². The van der Waals surface area contributed by atoms with E-state index in [-0.39, 0.29) is 0 Å². The number of aromatic nitrogens is 4. The maximum Gasteiger partial charge on any atom is 0.200 e. The van der Waals surface area contributed by atoms with E-state index in [4.69, 9.17) is 0 Å². The van der Waals surface area contributed by atoms with Crippen LogP contribution in [-0.2, 0) is 0 Å². The second kappa shape index (κ2) is 27.1. The van der Waals surface area contributed by atoms with Crippen LogP contribution < -0.4 is 10.4 Å². The number of hydrogen-bond donors (Lipinski definition) is 2. The van der Waals surface area contributed by atoms with Crippen LogP contribution in [0.25, 0.3) is 55.2 Å². The first-order valence-corrected chi connectivity index (χ1v) is 33.7. The number of benzene rings is 8. The van der Waals surface area contributed by atoms with E-state index >= 15 is 132 Å². The van der Waals surface area contributed by atoms with Crippen LogP contribution in [0.5, 0.6) is 0 Å². The largest absolute Gasteiger partial charge is 0.354 e. The molecule has 38 heteroatoms. The lowest BCUT2D eigenvalue weighted by Crippen LogP contribution is -2.25. The Bertz CT molecular complexity index is 7020. The van der Waals surface area contributed by atoms with E-state index in [1.54, 1.807) is 0 Å². The second-order valence-electron chi connectivity index (χ2n) is 26.5. The number of nitrogens with zero attached hydrogens (tertiary/aromatic N) is 6. The molecule has 0 unspecified atom stereocenters. The lowest BCUT2D eigenvalue weighted by atomic mass is 9.94. The smallest absolute Gasteiger partial charge is 0.200 e. The maximum atomic E-state index is 18.0. The monoisotopic (exact) mass is 1690 g/mol. The number of hydrogen-bond acceptors (Lipinski definition) is 4. The quantitative estimate of drug-likeness (QED) is 0.0944. The number of fused-ring (bicyclic) bond motifs is 20. The summed E-state index contributed by atoms with van der Waals surface area (Å²) in [6.45, 7) is 0. The zero-order valence-electron chi connectivity index (χ0n) is 57.6. The molecule has 4 aromatic heterocycles. The number of H-pyrrole nitrogens is 2. The van der Waals surface area contributed by atoms with Gasteiger partial charge < -0.3 is 9.97 Å². The van der Waals surface area contributed by atoms with Crippen molar-refractivity contribution in [1.29, 1.82) is 0 Å². The highest BCUT2D eigenvalue weighted by Gasteiger charge is 2.42. The third-order valence-electron chi connectivity index (χ3n) is 20.2. The van der Waals surface area contributed by atoms with E-state index < -0.39 is 353 Å². The topological polar surface area (TPSA) is 90.9 Å². The van der Waals surface area contributed by atoms with Gasteiger partial charge in [0.15, 0.2) is 140 Å². The van der Waals surface area contributed by atoms with Gasteiger partial charge in [0, 0.05) is 77.4 Å². The van der Waals surface area contributed by atoms with Crippen molar-refractivity contribution in [3.8, 4) is 0 Å². The number of para-hydroxylation sites is 2. The summed E-state index contributed by atoms with van der Waals surface area (Å²) in [4.78, 5) is 22.2. The minimum atomic E-state index is -2.96. The molecule has 12 aromatic rings. The molecule has 10 heterocycles. The standard InChI is InChI=1S/C82H22F30N8/c83-51-45(52(84)64(96)75(107)63(51)95)39-23-9-11-27(113-23)41(47-55(87)67(99)77(109)68(100)56(47)88)29-17-19-35(117-29)119-33-7-3-1-5-21(33)37(43(31-15-13-25(39)115-31)49-59(91)71(103)79(111)72(104)60(49)92)81(119)82-38-22-6-2-4-8-34(22)120(82)36-20-18-30(118-36)42(48-57(89)69(101)78(110)70(102)58(48)90)28-12-10-24(114-28)40(46-53(85)65(97)76(108)66(98)54(46)86)26-14-16-32(116-26)44(38)50-61(93)73(105)80(112)74(106)62(50)94/h1-20,113-114H/b39-25?,40-26?,41-29?,42-30?,43-37?,44-38?,82-81+. The van der Waals surface area contributed by atoms with Crippen LogP contribution in [-0.4, -0.2) is 42.2 Å². The van der Waals surface area contributed by atoms with Crippen LogP contribution in [0.1, 0.15) is 56.2 Å². The molecule has 0 saturated carbocycles. The number of aliphatic imine (C=N–C) groups is 4. The molecule has 0 saturated heterocycles. The summed E-state index contributed by atoms with van der Waals surface area (Å²) in [5.41, 5.74) is -34.9. The number of rotatable bonds is 6. The molecule has 2 N–H and O–H groups in total. The minimum Gasteiger partial charge on any atom is -0.354 e. The van der Waals surface area contributed by atoms with Gasteiger partial charge in [-0.15, -0.1) is 0 Å². The molecule has 0 aliphatic carbocycles. The maximum absolute atomic E-state index is 18.0. The Morgan fingerprint density at radius 3 is 0.642 bits per heavy atom. The Balaban J connectivity index is 1.21. The van der Waals surface area contributed by atoms with Crippen LogP contribution in [0, 0.1) is 185 Å². The Kier molecular flexibility index (Phi) is 17.4. The summed E-state index contributed by atoms with van der Waals surface area (Å²) in [6, 6.07) is 10.1. The van der Waals surface area contributed by atoms with Gasteiger partial charge in [-0.2, -0.15) is 0 Å². The van der Waals surface area contributed by atoms with Gasteiger partial charge in [0.05, 0.1) is 89.3 Å². The molecular weight excluding hydrogens is 1670 g/mol. The number of nitrogens with one attached hydrogen (secondary N) is 2. The van der Waals surface area contributed by atoms with E-state index in [2.05, 4.69) is 29.9 Å². The first kappa shape index (κ1) is 76.9. The molecule has 6 aliphatic rings. The molecule has 6 aliphatic heterocycles. The van der Waals surface area contributed by atoms with Crippen molar-refractivity contribution in [3.63, 3.8) is 0 Å². The Labute approximate surface area is 643 Å². The van der Waals surface area contributed by atoms with Crippen LogP contribution >= 0.6 is 0 Å². The molecule has 0 radical (unpaired) electrons. The molecule has 16 bridgehead atoms. The summed E-state index contributed by atoms with van der Waals surface area (Å²) in [6.07, 6.45) is 4.55. The molecule has 0 fully saturated rings. The first-order valence-electron chi connectivity index (χ1n) is 33.7. The van der Waals surface area contributed by atoms with Crippen molar-refractivity contribution in [2.24, 2.45) is 20.0 Å². The highest BCUT2D eigenvalue weighted by atomic mass is 19.2. The van der Waals surface area contributed by atoms with Crippen molar-refractivity contribution in [3.05, 3.63) is 396 Å². The fraction of sp³-hybridized carbons (Fsp3) is 0. The van der Waals surface area contributed by atoms with Gasteiger partial charge in [0.2, 0.25) is 34.9 Å². The van der Waals surface area contributed by atoms with Gasteiger partial charge in [-0.05, 0) is 85.0 Å². The Morgan fingerprint density at radius 2 is 0.400 bits per heavy atom. The predicted molar refractivity (Wildman–Crippen MR) is 366 cm³/mol. The van der Waals surface area contributed by atoms with Crippen LogP contribution in [0.4, 0.5) is 132 Å². The summed E-state index contributed by atoms with van der Waals surface area (Å²) >= 11 is 0. The molecular formula is C82H22F30N8. The molecule has 600 valence electrons. The molecule has 18 rings (SSSR count). The summed E-state index contributed by atoms with van der Waals surface area (Å²) in [5.74, 6) is -86.8. The van der Waals surface area contributed by atoms with Gasteiger partial charge in [0.25, 0.3) is 0 Å². The van der Waals surface area contributed by atoms with E-state index in [1.165, 1.54) is 0 Å². The predicted octanol–water partition coefficient (Wildman–Crippen LogP) is 20.2. The molecule has 8 nitrogen and oxygen atoms in total. The Morgan fingerprint density at radius 1 is 0.200 bits per heavy atom. The van der Waals surface area contributed by atoms with Gasteiger partial charge in [-0.25, -0.2) is 152 Å². The third-order valence-corrected chi connectivity index (χ3v) is 20.2. The van der Waals surface area contributed by atoms with Crippen molar-refractivity contribution in [1.82, 2.24) is 19.1 Å². The fourth-order valence-electron chi connectivity index (χ4n) is 15.1. The SMILES string of the molecule is Fc1c(F)c(F)c(C2=C3C=CC(=N3)C(c3c(F)c(F)c(F)c(F)c3F)=c3/c(=c4/c5c6ccccc6n4C4=NC(=C(c6c(F)c(F)c(F)c(F)c6F)c6ccc([nH]6)C(c6c(F)c(F)c(F)c(F)c6F)=C6C=CC(=N6)C=5c5c(F)c(F)c(F)c(F)c5F)C=C4)n(c4ccccc34)C3=NC(=C(c4c(F)c(F)c(F)c(F)c4F)c4ccc2[nH]4)C=C3)c(F)c1F. The highest BCUT2D eigenvalue weighted by molar-refractivity contribution is 6.33. The second-order valence-corrected chi connectivity index (χ2v) is 26.5. The highest BCUT2D eigenvalue weighted by Crippen LogP contribution is 2.46. The van der Waals surface area contributed by atoms with Crippen LogP contribution in [0.3, 0.4) is 0 Å². The summed E-state index contributed by atoms with van der Waals surface area (Å²) in [7, 11) is 0. The van der Waals surface area contributed by atoms with Gasteiger partial charge >= 0.3 is 0 Å². The van der Waals surface area contributed by atoms with Crippen molar-refractivity contribution in [2.45, 2.75) is 0 Å². The van der Waals surface area contributed by atoms with E-state index in [9.17, 15) is 0 Å². The number of allylic oxidation sites excluding steroid dienone is 8. The average Bonchev–Trinajstić information content (AvgIpc) is 1.53. The lowest BCUT2D eigenvalue weighted by molar-refractivity contribution is 0.376. The minimum absolute atomic E-state index is 0.470. The zero-order chi connectivity index (χ0) is 85.3. The van der Waals surface area contributed by atoms with Gasteiger partial charge in [0.1, 0.15) is 11.7 Å². The normalized spacial score (nSPS) is 15.3. The van der Waals surface area contributed by atoms with Crippen molar-refractivity contribution in [2.75, 3.05) is 0 Å². The number of aromatic amines is 2. The number of halogens is 30. The van der Waals surface area contributed by atoms with Crippen molar-refractivity contribution < 1.29 is 132 Å². The van der Waals surface area contributed by atoms with Crippen LogP contribution in [0.15, 0.2) is 164 Å². The van der Waals surface area contributed by atoms with Gasteiger partial charge in [-0.3, -0.25) is 9.13 Å². The van der Waals surface area contributed by atoms with Crippen molar-refractivity contribution >= 4 is 78.3 Å². The van der Waals surface area contributed by atoms with Crippen LogP contribution in [0.2, 0.25) is 0 Å². The fourth-order valence-corrected chi connectivity index (χ4v) is 15.1.